The van der Waals surface area contributed by atoms with Gasteiger partial charge in [-0.15, -0.1) is 11.8 Å². The molecule has 1 aromatic heterocycles. The second kappa shape index (κ2) is 13.2. The maximum absolute atomic E-state index is 15.5. The molecule has 37 heavy (non-hydrogen) atoms. The zero-order valence-corrected chi connectivity index (χ0v) is 22.6. The molecule has 0 aliphatic carbocycles. The summed E-state index contributed by atoms with van der Waals surface area (Å²) < 4.78 is 20.8. The summed E-state index contributed by atoms with van der Waals surface area (Å²) in [6, 6.07) is 15.7. The number of aromatic nitrogens is 1. The molecule has 0 spiro atoms. The number of likely N-dealkylation sites (tertiary alicyclic amines) is 1. The molecular weight excluding hydrogens is 487 g/mol. The van der Waals surface area contributed by atoms with Crippen molar-refractivity contribution in [1.82, 2.24) is 9.88 Å². The van der Waals surface area contributed by atoms with Crippen LogP contribution in [-0.4, -0.2) is 53.5 Å². The number of alkyl halides is 1. The van der Waals surface area contributed by atoms with Crippen LogP contribution in [0.15, 0.2) is 59.6 Å². The fourth-order valence-electron chi connectivity index (χ4n) is 5.45. The number of carboxylic acids is 1. The SMILES string of the molecule is COc1ccc2nccc([C@H](F)CC[C@@H]3CCN(CCCSc4ccccc4C)C[C@@H]3CC(=O)O)c2c1. The van der Waals surface area contributed by atoms with Crippen molar-refractivity contribution in [3.8, 4) is 5.75 Å². The van der Waals surface area contributed by atoms with E-state index < -0.39 is 12.1 Å². The summed E-state index contributed by atoms with van der Waals surface area (Å²) in [7, 11) is 1.60. The molecule has 3 atom stereocenters. The highest BCUT2D eigenvalue weighted by Crippen LogP contribution is 2.36. The van der Waals surface area contributed by atoms with Gasteiger partial charge in [-0.25, -0.2) is 4.39 Å². The lowest BCUT2D eigenvalue weighted by Gasteiger charge is -2.38. The van der Waals surface area contributed by atoms with Crippen LogP contribution in [0.3, 0.4) is 0 Å². The van der Waals surface area contributed by atoms with Crippen LogP contribution >= 0.6 is 11.8 Å². The van der Waals surface area contributed by atoms with Crippen molar-refractivity contribution in [2.75, 3.05) is 32.5 Å². The molecule has 7 heteroatoms. The Morgan fingerprint density at radius 1 is 1.24 bits per heavy atom. The van der Waals surface area contributed by atoms with Gasteiger partial charge < -0.3 is 14.7 Å². The van der Waals surface area contributed by atoms with Gasteiger partial charge >= 0.3 is 5.97 Å². The number of pyridine rings is 1. The van der Waals surface area contributed by atoms with Crippen LogP contribution in [0.2, 0.25) is 0 Å². The van der Waals surface area contributed by atoms with Gasteiger partial charge in [-0.3, -0.25) is 9.78 Å². The van der Waals surface area contributed by atoms with Crippen molar-refractivity contribution >= 4 is 28.6 Å². The summed E-state index contributed by atoms with van der Waals surface area (Å²) in [6.45, 7) is 4.83. The zero-order valence-electron chi connectivity index (χ0n) is 21.7. The summed E-state index contributed by atoms with van der Waals surface area (Å²) in [5.41, 5.74) is 2.68. The van der Waals surface area contributed by atoms with Crippen LogP contribution in [-0.2, 0) is 4.79 Å². The first-order valence-electron chi connectivity index (χ1n) is 13.1. The third kappa shape index (κ3) is 7.45. The number of benzene rings is 2. The average Bonchev–Trinajstić information content (AvgIpc) is 2.90. The second-order valence-corrected chi connectivity index (χ2v) is 11.1. The van der Waals surface area contributed by atoms with Crippen molar-refractivity contribution in [2.24, 2.45) is 11.8 Å². The minimum atomic E-state index is -1.13. The quantitative estimate of drug-likeness (QED) is 0.205. The summed E-state index contributed by atoms with van der Waals surface area (Å²) >= 11 is 1.89. The van der Waals surface area contributed by atoms with E-state index in [1.54, 1.807) is 19.4 Å². The number of methoxy groups -OCH3 is 1. The summed E-state index contributed by atoms with van der Waals surface area (Å²) in [4.78, 5) is 19.7. The molecule has 0 unspecified atom stereocenters. The highest BCUT2D eigenvalue weighted by molar-refractivity contribution is 7.99. The smallest absolute Gasteiger partial charge is 0.303 e. The highest BCUT2D eigenvalue weighted by Gasteiger charge is 2.31. The molecular formula is C30H37FN2O3S. The van der Waals surface area contributed by atoms with Crippen LogP contribution in [0, 0.1) is 18.8 Å². The number of carboxylic acid groups (broad SMARTS) is 1. The van der Waals surface area contributed by atoms with E-state index >= 15 is 4.39 Å². The molecule has 198 valence electrons. The molecule has 0 bridgehead atoms. The molecule has 0 radical (unpaired) electrons. The molecule has 3 aromatic rings. The van der Waals surface area contributed by atoms with Crippen molar-refractivity contribution in [2.45, 2.75) is 50.1 Å². The predicted molar refractivity (Wildman–Crippen MR) is 148 cm³/mol. The molecule has 4 rings (SSSR count). The van der Waals surface area contributed by atoms with Gasteiger partial charge in [0.2, 0.25) is 0 Å². The number of hydrogen-bond acceptors (Lipinski definition) is 5. The number of rotatable bonds is 12. The molecule has 0 amide bonds. The zero-order chi connectivity index (χ0) is 26.2. The van der Waals surface area contributed by atoms with Gasteiger partial charge in [0, 0.05) is 29.4 Å². The second-order valence-electron chi connectivity index (χ2n) is 10.0. The fourth-order valence-corrected chi connectivity index (χ4v) is 6.41. The van der Waals surface area contributed by atoms with Crippen molar-refractivity contribution in [1.29, 1.82) is 0 Å². The Balaban J connectivity index is 1.31. The van der Waals surface area contributed by atoms with Crippen LogP contribution < -0.4 is 4.74 Å². The first-order valence-corrected chi connectivity index (χ1v) is 14.1. The normalized spacial score (nSPS) is 19.1. The van der Waals surface area contributed by atoms with E-state index in [4.69, 9.17) is 4.74 Å². The first kappa shape index (κ1) is 27.4. The van der Waals surface area contributed by atoms with E-state index in [0.717, 1.165) is 49.1 Å². The lowest BCUT2D eigenvalue weighted by Crippen LogP contribution is -2.42. The number of ether oxygens (including phenoxy) is 1. The van der Waals surface area contributed by atoms with Crippen molar-refractivity contribution in [3.63, 3.8) is 0 Å². The van der Waals surface area contributed by atoms with Crippen LogP contribution in [0.25, 0.3) is 10.9 Å². The molecule has 1 N–H and O–H groups in total. The van der Waals surface area contributed by atoms with Crippen LogP contribution in [0.1, 0.15) is 49.4 Å². The number of carbonyl (C=O) groups is 1. The number of halogens is 1. The third-order valence-electron chi connectivity index (χ3n) is 7.49. The fraction of sp³-hybridized carbons (Fsp3) is 0.467. The Hall–Kier alpha value is -2.64. The molecule has 1 fully saturated rings. The van der Waals surface area contributed by atoms with E-state index in [1.807, 2.05) is 30.0 Å². The summed E-state index contributed by atoms with van der Waals surface area (Å²) in [5, 5.41) is 10.3. The lowest BCUT2D eigenvalue weighted by molar-refractivity contribution is -0.139. The van der Waals surface area contributed by atoms with Crippen LogP contribution in [0.5, 0.6) is 5.75 Å². The van der Waals surface area contributed by atoms with Gasteiger partial charge in [0.25, 0.3) is 0 Å². The molecule has 1 saturated heterocycles. The average molecular weight is 525 g/mol. The standard InChI is InChI=1S/C30H37FN2O3S/c1-21-6-3-4-7-29(21)37-17-5-15-33-16-13-22(23(20-33)18-30(34)35)8-10-27(31)25-12-14-32-28-11-9-24(36-2)19-26(25)28/h3-4,6-7,9,11-12,14,19,22-23,27H,5,8,10,13,15-18,20H2,1-2H3,(H,34,35)/t22-,23+,27-/m1/s1. The Labute approximate surface area is 223 Å². The van der Waals surface area contributed by atoms with E-state index in [9.17, 15) is 9.90 Å². The lowest BCUT2D eigenvalue weighted by atomic mass is 9.79. The Bertz CT molecular complexity index is 1190. The molecule has 2 aromatic carbocycles. The van der Waals surface area contributed by atoms with Crippen molar-refractivity contribution < 1.29 is 19.0 Å². The Morgan fingerprint density at radius 2 is 2.08 bits per heavy atom. The summed E-state index contributed by atoms with van der Waals surface area (Å²) in [6.07, 6.45) is 3.72. The Kier molecular flexibility index (Phi) is 9.81. The predicted octanol–water partition coefficient (Wildman–Crippen LogP) is 6.94. The topological polar surface area (TPSA) is 62.7 Å². The number of aryl methyl sites for hydroxylation is 1. The van der Waals surface area contributed by atoms with Gasteiger partial charge in [-0.05, 0) is 105 Å². The third-order valence-corrected chi connectivity index (χ3v) is 8.75. The van der Waals surface area contributed by atoms with E-state index in [-0.39, 0.29) is 18.3 Å². The number of nitrogens with zero attached hydrogens (tertiary/aromatic N) is 2. The Morgan fingerprint density at radius 3 is 2.86 bits per heavy atom. The highest BCUT2D eigenvalue weighted by atomic mass is 32.2. The van der Waals surface area contributed by atoms with Gasteiger partial charge in [-0.2, -0.15) is 0 Å². The van der Waals surface area contributed by atoms with Gasteiger partial charge in [0.1, 0.15) is 11.9 Å². The number of fused-ring (bicyclic) bond motifs is 1. The molecule has 1 aliphatic heterocycles. The minimum Gasteiger partial charge on any atom is -0.497 e. The minimum absolute atomic E-state index is 0.0525. The largest absolute Gasteiger partial charge is 0.497 e. The number of piperidine rings is 1. The number of aliphatic carboxylic acids is 1. The van der Waals surface area contributed by atoms with Gasteiger partial charge in [-0.1, -0.05) is 18.2 Å². The molecule has 0 saturated carbocycles. The number of hydrogen-bond donors (Lipinski definition) is 1. The van der Waals surface area contributed by atoms with Crippen molar-refractivity contribution in [3.05, 3.63) is 65.9 Å². The molecule has 1 aliphatic rings. The van der Waals surface area contributed by atoms with Gasteiger partial charge in [0.05, 0.1) is 12.6 Å². The first-order chi connectivity index (χ1) is 17.9. The maximum atomic E-state index is 15.5. The molecule has 2 heterocycles. The number of thioether (sulfide) groups is 1. The van der Waals surface area contributed by atoms with E-state index in [2.05, 4.69) is 41.1 Å². The van der Waals surface area contributed by atoms with Crippen LogP contribution in [0.4, 0.5) is 4.39 Å². The van der Waals surface area contributed by atoms with Gasteiger partial charge in [0.15, 0.2) is 0 Å². The summed E-state index contributed by atoms with van der Waals surface area (Å²) in [5.74, 6) is 1.23. The monoisotopic (exact) mass is 524 g/mol. The molecule has 5 nitrogen and oxygen atoms in total. The maximum Gasteiger partial charge on any atom is 0.303 e. The van der Waals surface area contributed by atoms with E-state index in [1.165, 1.54) is 10.5 Å². The van der Waals surface area contributed by atoms with E-state index in [0.29, 0.717) is 24.2 Å².